The average molecular weight is 290 g/mol. The maximum absolute atomic E-state index is 6.07. The van der Waals surface area contributed by atoms with Crippen molar-refractivity contribution in [1.29, 1.82) is 0 Å². The molecule has 0 aliphatic heterocycles. The third kappa shape index (κ3) is 2.07. The number of nitrogen functional groups attached to an aromatic ring is 1. The van der Waals surface area contributed by atoms with Gasteiger partial charge in [-0.3, -0.25) is 9.25 Å². The second-order valence-electron chi connectivity index (χ2n) is 4.91. The van der Waals surface area contributed by atoms with E-state index in [2.05, 4.69) is 28.9 Å². The van der Waals surface area contributed by atoms with Crippen molar-refractivity contribution >= 4 is 28.4 Å². The number of anilines is 1. The van der Waals surface area contributed by atoms with Gasteiger partial charge in [0.25, 0.3) is 0 Å². The normalized spacial score (nSPS) is 11.6. The standard InChI is InChI=1S/C13H18N6S/c1-4-5-9-11-12(18(3)17-9)19(13(14)16-11)7-10-15-6-8(2)20-10/h6H,4-5,7H2,1-3H3,(H2,14,16). The van der Waals surface area contributed by atoms with Crippen molar-refractivity contribution in [1.82, 2.24) is 24.3 Å². The van der Waals surface area contributed by atoms with Crippen LogP contribution in [0.4, 0.5) is 5.95 Å². The Morgan fingerprint density at radius 1 is 1.40 bits per heavy atom. The van der Waals surface area contributed by atoms with Gasteiger partial charge in [-0.2, -0.15) is 5.10 Å². The van der Waals surface area contributed by atoms with E-state index in [1.54, 1.807) is 11.3 Å². The summed E-state index contributed by atoms with van der Waals surface area (Å²) in [4.78, 5) is 10.1. The topological polar surface area (TPSA) is 74.6 Å². The molecule has 0 saturated heterocycles. The SMILES string of the molecule is CCCc1nn(C)c2c1nc(N)n2Cc1ncc(C)s1. The van der Waals surface area contributed by atoms with E-state index in [9.17, 15) is 0 Å². The van der Waals surface area contributed by atoms with Crippen molar-refractivity contribution in [3.8, 4) is 0 Å². The van der Waals surface area contributed by atoms with Crippen molar-refractivity contribution in [2.75, 3.05) is 5.73 Å². The van der Waals surface area contributed by atoms with Crippen LogP contribution in [0.25, 0.3) is 11.2 Å². The number of fused-ring (bicyclic) bond motifs is 1. The molecule has 106 valence electrons. The Hall–Kier alpha value is -1.89. The predicted molar refractivity (Wildman–Crippen MR) is 80.9 cm³/mol. The highest BCUT2D eigenvalue weighted by molar-refractivity contribution is 7.11. The molecule has 3 heterocycles. The van der Waals surface area contributed by atoms with Crippen molar-refractivity contribution in [3.05, 3.63) is 21.8 Å². The summed E-state index contributed by atoms with van der Waals surface area (Å²) in [5.41, 5.74) is 8.98. The molecule has 3 aromatic heterocycles. The lowest BCUT2D eigenvalue weighted by atomic mass is 10.2. The van der Waals surface area contributed by atoms with Gasteiger partial charge in [0.1, 0.15) is 10.5 Å². The van der Waals surface area contributed by atoms with E-state index >= 15 is 0 Å². The average Bonchev–Trinajstić information content (AvgIpc) is 3.02. The quantitative estimate of drug-likeness (QED) is 0.798. The fourth-order valence-corrected chi connectivity index (χ4v) is 3.21. The largest absolute Gasteiger partial charge is 0.369 e. The Kier molecular flexibility index (Phi) is 3.21. The Bertz CT molecular complexity index is 750. The van der Waals surface area contributed by atoms with Crippen LogP contribution in [-0.2, 0) is 20.0 Å². The van der Waals surface area contributed by atoms with Gasteiger partial charge in [0.15, 0.2) is 5.65 Å². The summed E-state index contributed by atoms with van der Waals surface area (Å²) in [6.45, 7) is 4.84. The molecule has 6 nitrogen and oxygen atoms in total. The number of nitrogens with zero attached hydrogens (tertiary/aromatic N) is 5. The van der Waals surface area contributed by atoms with E-state index in [-0.39, 0.29) is 0 Å². The summed E-state index contributed by atoms with van der Waals surface area (Å²) in [5, 5.41) is 5.58. The first-order valence-electron chi connectivity index (χ1n) is 6.69. The molecule has 0 aliphatic carbocycles. The highest BCUT2D eigenvalue weighted by Gasteiger charge is 2.18. The number of aromatic nitrogens is 5. The van der Waals surface area contributed by atoms with Gasteiger partial charge in [0, 0.05) is 18.1 Å². The molecule has 3 aromatic rings. The van der Waals surface area contributed by atoms with Gasteiger partial charge in [-0.05, 0) is 13.3 Å². The summed E-state index contributed by atoms with van der Waals surface area (Å²) in [6, 6.07) is 0. The molecule has 0 saturated carbocycles. The van der Waals surface area contributed by atoms with Crippen LogP contribution in [0, 0.1) is 6.92 Å². The van der Waals surface area contributed by atoms with Gasteiger partial charge in [0.05, 0.1) is 12.2 Å². The van der Waals surface area contributed by atoms with Crippen molar-refractivity contribution in [3.63, 3.8) is 0 Å². The minimum absolute atomic E-state index is 0.526. The fraction of sp³-hybridized carbons (Fsp3) is 0.462. The first-order valence-corrected chi connectivity index (χ1v) is 7.50. The lowest BCUT2D eigenvalue weighted by Crippen LogP contribution is -2.07. The molecule has 7 heteroatoms. The van der Waals surface area contributed by atoms with Crippen LogP contribution >= 0.6 is 11.3 Å². The molecule has 0 spiro atoms. The second-order valence-corrected chi connectivity index (χ2v) is 6.23. The highest BCUT2D eigenvalue weighted by Crippen LogP contribution is 2.24. The number of thiazole rings is 1. The Morgan fingerprint density at radius 2 is 2.20 bits per heavy atom. The summed E-state index contributed by atoms with van der Waals surface area (Å²) >= 11 is 1.68. The molecule has 0 amide bonds. The first kappa shape index (κ1) is 13.1. The van der Waals surface area contributed by atoms with E-state index < -0.39 is 0 Å². The molecule has 2 N–H and O–H groups in total. The first-order chi connectivity index (χ1) is 9.60. The monoisotopic (exact) mass is 290 g/mol. The maximum Gasteiger partial charge on any atom is 0.202 e. The van der Waals surface area contributed by atoms with E-state index in [4.69, 9.17) is 5.73 Å². The minimum atomic E-state index is 0.526. The number of aryl methyl sites for hydroxylation is 3. The van der Waals surface area contributed by atoms with Crippen LogP contribution < -0.4 is 5.73 Å². The smallest absolute Gasteiger partial charge is 0.202 e. The summed E-state index contributed by atoms with van der Waals surface area (Å²) in [5.74, 6) is 0.526. The second kappa shape index (κ2) is 4.90. The van der Waals surface area contributed by atoms with Gasteiger partial charge in [0.2, 0.25) is 5.95 Å². The summed E-state index contributed by atoms with van der Waals surface area (Å²) < 4.78 is 3.85. The molecule has 0 aliphatic rings. The van der Waals surface area contributed by atoms with Gasteiger partial charge in [-0.25, -0.2) is 9.97 Å². The Balaban J connectivity index is 2.08. The lowest BCUT2D eigenvalue weighted by molar-refractivity contribution is 0.710. The van der Waals surface area contributed by atoms with Crippen molar-refractivity contribution in [2.45, 2.75) is 33.2 Å². The molecular weight excluding hydrogens is 272 g/mol. The van der Waals surface area contributed by atoms with Crippen LogP contribution in [-0.4, -0.2) is 24.3 Å². The third-order valence-electron chi connectivity index (χ3n) is 3.27. The Labute approximate surface area is 121 Å². The number of nitrogens with two attached hydrogens (primary N) is 1. The fourth-order valence-electron chi connectivity index (χ4n) is 2.43. The number of hydrogen-bond acceptors (Lipinski definition) is 5. The van der Waals surface area contributed by atoms with Crippen LogP contribution in [0.3, 0.4) is 0 Å². The zero-order valence-corrected chi connectivity index (χ0v) is 12.7. The summed E-state index contributed by atoms with van der Waals surface area (Å²) in [6.07, 6.45) is 3.85. The molecule has 0 aromatic carbocycles. The van der Waals surface area contributed by atoms with Crippen LogP contribution in [0.15, 0.2) is 6.20 Å². The van der Waals surface area contributed by atoms with Crippen LogP contribution in [0.2, 0.25) is 0 Å². The lowest BCUT2D eigenvalue weighted by Gasteiger charge is -2.04. The van der Waals surface area contributed by atoms with Crippen molar-refractivity contribution < 1.29 is 0 Å². The molecule has 0 bridgehead atoms. The molecule has 0 radical (unpaired) electrons. The third-order valence-corrected chi connectivity index (χ3v) is 4.17. The zero-order valence-electron chi connectivity index (χ0n) is 11.9. The highest BCUT2D eigenvalue weighted by atomic mass is 32.1. The molecular formula is C13H18N6S. The molecule has 0 fully saturated rings. The van der Waals surface area contributed by atoms with Gasteiger partial charge in [-0.1, -0.05) is 13.3 Å². The molecule has 3 rings (SSSR count). The number of hydrogen-bond donors (Lipinski definition) is 1. The van der Waals surface area contributed by atoms with Crippen molar-refractivity contribution in [2.24, 2.45) is 7.05 Å². The molecule has 20 heavy (non-hydrogen) atoms. The van der Waals surface area contributed by atoms with Crippen LogP contribution in [0.5, 0.6) is 0 Å². The van der Waals surface area contributed by atoms with E-state index in [0.29, 0.717) is 12.5 Å². The van der Waals surface area contributed by atoms with E-state index in [0.717, 1.165) is 34.7 Å². The van der Waals surface area contributed by atoms with Gasteiger partial charge in [-0.15, -0.1) is 11.3 Å². The zero-order chi connectivity index (χ0) is 14.3. The number of rotatable bonds is 4. The molecule has 0 unspecified atom stereocenters. The molecule has 0 atom stereocenters. The van der Waals surface area contributed by atoms with E-state index in [1.807, 2.05) is 22.5 Å². The van der Waals surface area contributed by atoms with Gasteiger partial charge >= 0.3 is 0 Å². The summed E-state index contributed by atoms with van der Waals surface area (Å²) in [7, 11) is 1.94. The Morgan fingerprint density at radius 3 is 2.85 bits per heavy atom. The van der Waals surface area contributed by atoms with Gasteiger partial charge < -0.3 is 5.73 Å². The van der Waals surface area contributed by atoms with Crippen LogP contribution in [0.1, 0.15) is 28.9 Å². The predicted octanol–water partition coefficient (Wildman–Crippen LogP) is 2.12. The maximum atomic E-state index is 6.07. The van der Waals surface area contributed by atoms with E-state index in [1.165, 1.54) is 4.88 Å². The minimum Gasteiger partial charge on any atom is -0.369 e. The number of imidazole rings is 1.